The Kier molecular flexibility index (Phi) is 2.96. The molecule has 0 radical (unpaired) electrons. The van der Waals surface area contributed by atoms with Crippen molar-refractivity contribution in [2.75, 3.05) is 0 Å². The van der Waals surface area contributed by atoms with Gasteiger partial charge in [0, 0.05) is 10.9 Å². The number of aryl methyl sites for hydroxylation is 3. The third-order valence-electron chi connectivity index (χ3n) is 4.25. The van der Waals surface area contributed by atoms with Gasteiger partial charge in [-0.2, -0.15) is 0 Å². The summed E-state index contributed by atoms with van der Waals surface area (Å²) < 4.78 is 5.55. The van der Waals surface area contributed by atoms with Crippen molar-refractivity contribution in [3.63, 3.8) is 0 Å². The van der Waals surface area contributed by atoms with Crippen molar-refractivity contribution in [3.8, 4) is 0 Å². The maximum absolute atomic E-state index is 12.1. The average molecular weight is 256 g/mol. The Hall–Kier alpha value is -1.57. The van der Waals surface area contributed by atoms with Crippen LogP contribution >= 0.6 is 0 Å². The van der Waals surface area contributed by atoms with Crippen LogP contribution < -0.4 is 5.63 Å². The minimum absolute atomic E-state index is 0.171. The predicted octanol–water partition coefficient (Wildman–Crippen LogP) is 4.10. The summed E-state index contributed by atoms with van der Waals surface area (Å²) in [6.07, 6.45) is 4.78. The lowest BCUT2D eigenvalue weighted by molar-refractivity contribution is 0.540. The lowest BCUT2D eigenvalue weighted by Gasteiger charge is -2.18. The summed E-state index contributed by atoms with van der Waals surface area (Å²) in [4.78, 5) is 12.1. The third kappa shape index (κ3) is 1.99. The molecule has 1 aromatic heterocycles. The van der Waals surface area contributed by atoms with Crippen molar-refractivity contribution in [3.05, 3.63) is 44.8 Å². The molecule has 0 N–H and O–H groups in total. The number of hydrogen-bond donors (Lipinski definition) is 0. The van der Waals surface area contributed by atoms with E-state index in [1.165, 1.54) is 24.0 Å². The maximum Gasteiger partial charge on any atom is 0.339 e. The Labute approximate surface area is 113 Å². The van der Waals surface area contributed by atoms with Crippen LogP contribution in [0, 0.1) is 6.92 Å². The molecule has 0 bridgehead atoms. The first kappa shape index (κ1) is 12.5. The van der Waals surface area contributed by atoms with Gasteiger partial charge in [-0.3, -0.25) is 0 Å². The molecule has 1 aliphatic carbocycles. The van der Waals surface area contributed by atoms with E-state index in [9.17, 15) is 4.79 Å². The molecule has 0 fully saturated rings. The molecule has 2 aromatic rings. The molecule has 0 atom stereocenters. The van der Waals surface area contributed by atoms with Crippen molar-refractivity contribution >= 4 is 11.0 Å². The molecule has 3 rings (SSSR count). The number of hydrogen-bond acceptors (Lipinski definition) is 2. The van der Waals surface area contributed by atoms with Crippen molar-refractivity contribution in [2.24, 2.45) is 0 Å². The number of benzene rings is 1. The number of fused-ring (bicyclic) bond motifs is 2. The van der Waals surface area contributed by atoms with Gasteiger partial charge in [0.2, 0.25) is 0 Å². The molecule has 0 unspecified atom stereocenters. The van der Waals surface area contributed by atoms with Crippen molar-refractivity contribution < 1.29 is 4.42 Å². The molecule has 0 saturated carbocycles. The van der Waals surface area contributed by atoms with Crippen LogP contribution in [0.25, 0.3) is 11.0 Å². The average Bonchev–Trinajstić information content (AvgIpc) is 2.36. The summed E-state index contributed by atoms with van der Waals surface area (Å²) in [5.74, 6) is 0.205. The Balaban J connectivity index is 2.33. The lowest BCUT2D eigenvalue weighted by atomic mass is 9.89. The van der Waals surface area contributed by atoms with Gasteiger partial charge in [0.1, 0.15) is 5.58 Å². The maximum atomic E-state index is 12.1. The van der Waals surface area contributed by atoms with Crippen LogP contribution in [0.5, 0.6) is 0 Å². The Morgan fingerprint density at radius 1 is 1.11 bits per heavy atom. The zero-order valence-electron chi connectivity index (χ0n) is 11.9. The standard InChI is InChI=1S/C17H20O2/c1-10(2)16-11(3)14-8-12-6-4-5-7-13(12)9-15(14)19-17(16)18/h8-10H,4-7H2,1-3H3. The van der Waals surface area contributed by atoms with Crippen LogP contribution in [-0.4, -0.2) is 0 Å². The first-order valence-electron chi connectivity index (χ1n) is 7.17. The first-order chi connectivity index (χ1) is 9.08. The molecule has 1 heterocycles. The van der Waals surface area contributed by atoms with Gasteiger partial charge in [-0.1, -0.05) is 13.8 Å². The Morgan fingerprint density at radius 2 is 1.74 bits per heavy atom. The second kappa shape index (κ2) is 4.52. The smallest absolute Gasteiger partial charge is 0.339 e. The van der Waals surface area contributed by atoms with Crippen LogP contribution in [0.1, 0.15) is 54.9 Å². The summed E-state index contributed by atoms with van der Waals surface area (Å²) in [6, 6.07) is 4.33. The van der Waals surface area contributed by atoms with Crippen LogP contribution in [0.2, 0.25) is 0 Å². The van der Waals surface area contributed by atoms with E-state index in [1.807, 2.05) is 20.8 Å². The van der Waals surface area contributed by atoms with Gasteiger partial charge in [0.05, 0.1) is 0 Å². The van der Waals surface area contributed by atoms with Crippen molar-refractivity contribution in [1.29, 1.82) is 0 Å². The van der Waals surface area contributed by atoms with Gasteiger partial charge in [-0.25, -0.2) is 4.79 Å². The van der Waals surface area contributed by atoms with E-state index in [4.69, 9.17) is 4.42 Å². The van der Waals surface area contributed by atoms with E-state index in [1.54, 1.807) is 0 Å². The van der Waals surface area contributed by atoms with Crippen LogP contribution in [0.15, 0.2) is 21.3 Å². The summed E-state index contributed by atoms with van der Waals surface area (Å²) in [7, 11) is 0. The second-order valence-corrected chi connectivity index (χ2v) is 5.91. The highest BCUT2D eigenvalue weighted by Gasteiger charge is 2.17. The van der Waals surface area contributed by atoms with Crippen molar-refractivity contribution in [1.82, 2.24) is 0 Å². The normalized spacial score (nSPS) is 14.9. The summed E-state index contributed by atoms with van der Waals surface area (Å²) in [5, 5.41) is 1.11. The summed E-state index contributed by atoms with van der Waals surface area (Å²) in [6.45, 7) is 6.14. The number of rotatable bonds is 1. The lowest BCUT2D eigenvalue weighted by Crippen LogP contribution is -2.12. The predicted molar refractivity (Wildman–Crippen MR) is 78.0 cm³/mol. The van der Waals surface area contributed by atoms with Crippen LogP contribution in [-0.2, 0) is 12.8 Å². The topological polar surface area (TPSA) is 30.2 Å². The molecule has 100 valence electrons. The molecular formula is C17H20O2. The molecule has 1 aromatic carbocycles. The Morgan fingerprint density at radius 3 is 2.37 bits per heavy atom. The molecule has 0 aliphatic heterocycles. The minimum atomic E-state index is -0.171. The second-order valence-electron chi connectivity index (χ2n) is 5.91. The van der Waals surface area contributed by atoms with E-state index in [0.717, 1.165) is 34.9 Å². The fourth-order valence-corrected chi connectivity index (χ4v) is 3.26. The molecule has 0 spiro atoms. The van der Waals surface area contributed by atoms with Crippen molar-refractivity contribution in [2.45, 2.75) is 52.4 Å². The SMILES string of the molecule is Cc1c(C(C)C)c(=O)oc2cc3c(cc12)CCCC3. The van der Waals surface area contributed by atoms with E-state index < -0.39 is 0 Å². The highest BCUT2D eigenvalue weighted by molar-refractivity contribution is 5.83. The molecule has 19 heavy (non-hydrogen) atoms. The quantitative estimate of drug-likeness (QED) is 0.719. The largest absolute Gasteiger partial charge is 0.422 e. The monoisotopic (exact) mass is 256 g/mol. The van der Waals surface area contributed by atoms with E-state index in [-0.39, 0.29) is 11.5 Å². The van der Waals surface area contributed by atoms with Crippen LogP contribution in [0.3, 0.4) is 0 Å². The highest BCUT2D eigenvalue weighted by Crippen LogP contribution is 2.30. The zero-order chi connectivity index (χ0) is 13.6. The minimum Gasteiger partial charge on any atom is -0.422 e. The van der Waals surface area contributed by atoms with E-state index >= 15 is 0 Å². The van der Waals surface area contributed by atoms with Gasteiger partial charge in [0.15, 0.2) is 0 Å². The molecule has 0 amide bonds. The molecule has 2 nitrogen and oxygen atoms in total. The summed E-state index contributed by atoms with van der Waals surface area (Å²) in [5.41, 5.74) is 5.30. The first-order valence-corrected chi connectivity index (χ1v) is 7.17. The van der Waals surface area contributed by atoms with Crippen LogP contribution in [0.4, 0.5) is 0 Å². The third-order valence-corrected chi connectivity index (χ3v) is 4.25. The van der Waals surface area contributed by atoms with Gasteiger partial charge >= 0.3 is 5.63 Å². The molecule has 2 heteroatoms. The van der Waals surface area contributed by atoms with E-state index in [2.05, 4.69) is 12.1 Å². The van der Waals surface area contributed by atoms with Gasteiger partial charge in [0.25, 0.3) is 0 Å². The fourth-order valence-electron chi connectivity index (χ4n) is 3.26. The Bertz CT molecular complexity index is 692. The summed E-state index contributed by atoms with van der Waals surface area (Å²) >= 11 is 0. The zero-order valence-corrected chi connectivity index (χ0v) is 11.9. The van der Waals surface area contributed by atoms with Gasteiger partial charge < -0.3 is 4.42 Å². The van der Waals surface area contributed by atoms with Gasteiger partial charge in [-0.05, 0) is 67.3 Å². The molecule has 1 aliphatic rings. The molecule has 0 saturated heterocycles. The fraction of sp³-hybridized carbons (Fsp3) is 0.471. The van der Waals surface area contributed by atoms with Gasteiger partial charge in [-0.15, -0.1) is 0 Å². The van der Waals surface area contributed by atoms with E-state index in [0.29, 0.717) is 0 Å². The molecular weight excluding hydrogens is 236 g/mol. The highest BCUT2D eigenvalue weighted by atomic mass is 16.4.